The molecule has 0 saturated heterocycles. The normalized spacial score (nSPS) is 22.6. The Bertz CT molecular complexity index is 360. The van der Waals surface area contributed by atoms with Crippen molar-refractivity contribution in [2.75, 3.05) is 0 Å². The van der Waals surface area contributed by atoms with Gasteiger partial charge in [0.2, 0.25) is 0 Å². The molecule has 1 fully saturated rings. The first-order chi connectivity index (χ1) is 7.98. The van der Waals surface area contributed by atoms with Gasteiger partial charge in [-0.3, -0.25) is 0 Å². The van der Waals surface area contributed by atoms with Crippen molar-refractivity contribution in [3.05, 3.63) is 16.1 Å². The van der Waals surface area contributed by atoms with Crippen LogP contribution in [0.3, 0.4) is 0 Å². The van der Waals surface area contributed by atoms with Crippen LogP contribution in [0, 0.1) is 12.3 Å². The van der Waals surface area contributed by atoms with Crippen LogP contribution in [0.5, 0.6) is 0 Å². The first kappa shape index (κ1) is 13.0. The molecule has 17 heavy (non-hydrogen) atoms. The second-order valence-electron chi connectivity index (χ2n) is 6.13. The maximum absolute atomic E-state index is 4.33. The van der Waals surface area contributed by atoms with Crippen molar-refractivity contribution < 1.29 is 0 Å². The van der Waals surface area contributed by atoms with E-state index < -0.39 is 0 Å². The average molecular weight is 252 g/mol. The van der Waals surface area contributed by atoms with Crippen LogP contribution in [-0.2, 0) is 0 Å². The Balaban J connectivity index is 1.88. The Morgan fingerprint density at radius 1 is 1.41 bits per heavy atom. The largest absolute Gasteiger partial charge is 0.307 e. The molecule has 0 spiro atoms. The minimum absolute atomic E-state index is 0.453. The maximum Gasteiger partial charge on any atom is 0.0798 e. The van der Waals surface area contributed by atoms with E-state index in [1.807, 2.05) is 5.51 Å². The first-order valence-corrected chi connectivity index (χ1v) is 7.52. The maximum atomic E-state index is 4.33. The second kappa shape index (κ2) is 5.07. The molecule has 1 N–H and O–H groups in total. The Morgan fingerprint density at radius 3 is 2.59 bits per heavy atom. The van der Waals surface area contributed by atoms with E-state index in [4.69, 9.17) is 0 Å². The van der Waals surface area contributed by atoms with E-state index in [0.29, 0.717) is 17.5 Å². The van der Waals surface area contributed by atoms with E-state index in [9.17, 15) is 0 Å². The highest BCUT2D eigenvalue weighted by atomic mass is 32.1. The molecule has 0 radical (unpaired) electrons. The number of rotatable bonds is 3. The van der Waals surface area contributed by atoms with Gasteiger partial charge >= 0.3 is 0 Å². The van der Waals surface area contributed by atoms with E-state index in [1.165, 1.54) is 36.3 Å². The van der Waals surface area contributed by atoms with E-state index >= 15 is 0 Å². The lowest BCUT2D eigenvalue weighted by atomic mass is 9.75. The van der Waals surface area contributed by atoms with Gasteiger partial charge in [0.25, 0.3) is 0 Å². The standard InChI is InChI=1S/C14H24N2S/c1-10-13(17-9-15-10)11(2)16-12-5-7-14(3,4)8-6-12/h9,11-12,16H,5-8H2,1-4H3. The fourth-order valence-corrected chi connectivity index (χ4v) is 3.54. The summed E-state index contributed by atoms with van der Waals surface area (Å²) in [5.41, 5.74) is 3.69. The predicted octanol–water partition coefficient (Wildman–Crippen LogP) is 4.07. The number of aryl methyl sites for hydroxylation is 1. The number of hydrogen-bond acceptors (Lipinski definition) is 3. The van der Waals surface area contributed by atoms with Gasteiger partial charge in [-0.05, 0) is 44.9 Å². The Hall–Kier alpha value is -0.410. The van der Waals surface area contributed by atoms with Crippen molar-refractivity contribution in [2.45, 2.75) is 65.5 Å². The fraction of sp³-hybridized carbons (Fsp3) is 0.786. The Labute approximate surface area is 109 Å². The molecule has 1 heterocycles. The third-order valence-corrected chi connectivity index (χ3v) is 5.11. The summed E-state index contributed by atoms with van der Waals surface area (Å²) in [4.78, 5) is 5.73. The van der Waals surface area contributed by atoms with E-state index in [1.54, 1.807) is 11.3 Å². The molecule has 96 valence electrons. The van der Waals surface area contributed by atoms with Crippen LogP contribution in [0.1, 0.15) is 63.1 Å². The summed E-state index contributed by atoms with van der Waals surface area (Å²) in [7, 11) is 0. The van der Waals surface area contributed by atoms with Gasteiger partial charge in [0.05, 0.1) is 11.2 Å². The quantitative estimate of drug-likeness (QED) is 0.877. The average Bonchev–Trinajstić information content (AvgIpc) is 2.68. The van der Waals surface area contributed by atoms with Gasteiger partial charge in [-0.25, -0.2) is 4.98 Å². The zero-order chi connectivity index (χ0) is 12.5. The molecule has 0 aromatic carbocycles. The molecular formula is C14H24N2S. The third-order valence-electron chi connectivity index (χ3n) is 4.00. The summed E-state index contributed by atoms with van der Waals surface area (Å²) in [5.74, 6) is 0. The van der Waals surface area contributed by atoms with E-state index in [2.05, 4.69) is 38.0 Å². The molecule has 0 aliphatic heterocycles. The highest BCUT2D eigenvalue weighted by Gasteiger charge is 2.27. The van der Waals surface area contributed by atoms with Crippen LogP contribution < -0.4 is 5.32 Å². The minimum atomic E-state index is 0.453. The summed E-state index contributed by atoms with van der Waals surface area (Å²) >= 11 is 1.77. The Morgan fingerprint density at radius 2 is 2.06 bits per heavy atom. The third kappa shape index (κ3) is 3.29. The molecule has 0 bridgehead atoms. The molecule has 1 unspecified atom stereocenters. The van der Waals surface area contributed by atoms with Crippen molar-refractivity contribution >= 4 is 11.3 Å². The van der Waals surface area contributed by atoms with E-state index in [0.717, 1.165) is 0 Å². The number of thiazole rings is 1. The zero-order valence-corrected chi connectivity index (χ0v) is 12.2. The molecule has 2 nitrogen and oxygen atoms in total. The topological polar surface area (TPSA) is 24.9 Å². The van der Waals surface area contributed by atoms with Gasteiger partial charge < -0.3 is 5.32 Å². The smallest absolute Gasteiger partial charge is 0.0798 e. The summed E-state index contributed by atoms with van der Waals surface area (Å²) in [5, 5.41) is 3.77. The van der Waals surface area contributed by atoms with Crippen LogP contribution >= 0.6 is 11.3 Å². The second-order valence-corrected chi connectivity index (χ2v) is 7.02. The number of nitrogens with one attached hydrogen (secondary N) is 1. The number of hydrogen-bond donors (Lipinski definition) is 1. The van der Waals surface area contributed by atoms with Crippen LogP contribution in [0.2, 0.25) is 0 Å². The molecule has 1 aliphatic carbocycles. The van der Waals surface area contributed by atoms with Crippen molar-refractivity contribution in [1.29, 1.82) is 0 Å². The van der Waals surface area contributed by atoms with Crippen LogP contribution in [-0.4, -0.2) is 11.0 Å². The van der Waals surface area contributed by atoms with Crippen molar-refractivity contribution in [3.8, 4) is 0 Å². The van der Waals surface area contributed by atoms with Crippen LogP contribution in [0.4, 0.5) is 0 Å². The first-order valence-electron chi connectivity index (χ1n) is 6.64. The van der Waals surface area contributed by atoms with Gasteiger partial charge in [0.1, 0.15) is 0 Å². The van der Waals surface area contributed by atoms with Gasteiger partial charge in [0.15, 0.2) is 0 Å². The number of aromatic nitrogens is 1. The number of nitrogens with zero attached hydrogens (tertiary/aromatic N) is 1. The van der Waals surface area contributed by atoms with Crippen molar-refractivity contribution in [3.63, 3.8) is 0 Å². The van der Waals surface area contributed by atoms with Crippen LogP contribution in [0.25, 0.3) is 0 Å². The van der Waals surface area contributed by atoms with Gasteiger partial charge in [0, 0.05) is 17.0 Å². The SMILES string of the molecule is Cc1ncsc1C(C)NC1CCC(C)(C)CC1. The zero-order valence-electron chi connectivity index (χ0n) is 11.4. The predicted molar refractivity (Wildman–Crippen MR) is 74.4 cm³/mol. The lowest BCUT2D eigenvalue weighted by molar-refractivity contribution is 0.200. The monoisotopic (exact) mass is 252 g/mol. The molecule has 1 aromatic heterocycles. The van der Waals surface area contributed by atoms with Crippen molar-refractivity contribution in [2.24, 2.45) is 5.41 Å². The lowest BCUT2D eigenvalue weighted by Gasteiger charge is -2.36. The molecule has 3 heteroatoms. The molecule has 1 aromatic rings. The van der Waals surface area contributed by atoms with Crippen LogP contribution in [0.15, 0.2) is 5.51 Å². The Kier molecular flexibility index (Phi) is 3.88. The molecular weight excluding hydrogens is 228 g/mol. The fourth-order valence-electron chi connectivity index (χ4n) is 2.72. The minimum Gasteiger partial charge on any atom is -0.307 e. The highest BCUT2D eigenvalue weighted by Crippen LogP contribution is 2.36. The van der Waals surface area contributed by atoms with Crippen molar-refractivity contribution in [1.82, 2.24) is 10.3 Å². The highest BCUT2D eigenvalue weighted by molar-refractivity contribution is 7.09. The van der Waals surface area contributed by atoms with Gasteiger partial charge in [-0.1, -0.05) is 13.8 Å². The molecule has 1 atom stereocenters. The molecule has 1 aliphatic rings. The van der Waals surface area contributed by atoms with E-state index in [-0.39, 0.29) is 0 Å². The molecule has 0 amide bonds. The summed E-state index contributed by atoms with van der Waals surface area (Å²) in [6.07, 6.45) is 5.32. The lowest BCUT2D eigenvalue weighted by Crippen LogP contribution is -2.36. The summed E-state index contributed by atoms with van der Waals surface area (Å²) < 4.78 is 0. The summed E-state index contributed by atoms with van der Waals surface area (Å²) in [6, 6.07) is 1.15. The van der Waals surface area contributed by atoms with Gasteiger partial charge in [-0.2, -0.15) is 0 Å². The summed E-state index contributed by atoms with van der Waals surface area (Å²) in [6.45, 7) is 9.15. The molecule has 2 rings (SSSR count). The van der Waals surface area contributed by atoms with Gasteiger partial charge in [-0.15, -0.1) is 11.3 Å². The molecule has 1 saturated carbocycles.